The summed E-state index contributed by atoms with van der Waals surface area (Å²) in [7, 11) is 5.38. The van der Waals surface area contributed by atoms with Crippen LogP contribution in [0.3, 0.4) is 0 Å². The molecule has 0 bridgehead atoms. The minimum atomic E-state index is 0.623. The number of nitrogens with one attached hydrogen (secondary N) is 1. The summed E-state index contributed by atoms with van der Waals surface area (Å²) in [4.78, 5) is 0. The van der Waals surface area contributed by atoms with E-state index in [1.807, 2.05) is 19.2 Å². The van der Waals surface area contributed by atoms with E-state index in [-0.39, 0.29) is 0 Å². The van der Waals surface area contributed by atoms with Gasteiger partial charge in [0.15, 0.2) is 11.5 Å². The van der Waals surface area contributed by atoms with E-state index in [0.717, 1.165) is 24.0 Å². The van der Waals surface area contributed by atoms with Gasteiger partial charge in [-0.15, -0.1) is 0 Å². The van der Waals surface area contributed by atoms with E-state index >= 15 is 0 Å². The summed E-state index contributed by atoms with van der Waals surface area (Å²) in [6.45, 7) is 1.07. The van der Waals surface area contributed by atoms with Crippen molar-refractivity contribution in [3.05, 3.63) is 23.8 Å². The van der Waals surface area contributed by atoms with Crippen molar-refractivity contribution in [3.63, 3.8) is 0 Å². The van der Waals surface area contributed by atoms with Gasteiger partial charge in [-0.3, -0.25) is 0 Å². The Morgan fingerprint density at radius 3 is 2.75 bits per heavy atom. The SMILES string of the molecule is CNC[C@H]1C[C@@H]1c1cccc(OC)c1OC. The number of methoxy groups -OCH3 is 2. The van der Waals surface area contributed by atoms with Gasteiger partial charge >= 0.3 is 0 Å². The molecule has 1 aromatic rings. The molecule has 2 rings (SSSR count). The van der Waals surface area contributed by atoms with Crippen molar-refractivity contribution < 1.29 is 9.47 Å². The van der Waals surface area contributed by atoms with Crippen molar-refractivity contribution in [2.24, 2.45) is 5.92 Å². The molecule has 0 spiro atoms. The first-order valence-electron chi connectivity index (χ1n) is 5.67. The predicted octanol–water partition coefficient (Wildman–Crippen LogP) is 2.03. The van der Waals surface area contributed by atoms with Crippen LogP contribution in [0.15, 0.2) is 18.2 Å². The second-order valence-corrected chi connectivity index (χ2v) is 4.24. The Kier molecular flexibility index (Phi) is 3.34. The number of para-hydroxylation sites is 1. The molecule has 16 heavy (non-hydrogen) atoms. The Balaban J connectivity index is 2.21. The summed E-state index contributed by atoms with van der Waals surface area (Å²) in [6, 6.07) is 6.12. The normalized spacial score (nSPS) is 22.9. The molecule has 2 atom stereocenters. The molecule has 0 aliphatic heterocycles. The summed E-state index contributed by atoms with van der Waals surface area (Å²) < 4.78 is 10.8. The van der Waals surface area contributed by atoms with E-state index in [4.69, 9.17) is 9.47 Å². The zero-order valence-corrected chi connectivity index (χ0v) is 10.1. The largest absolute Gasteiger partial charge is 0.493 e. The van der Waals surface area contributed by atoms with Crippen molar-refractivity contribution in [1.82, 2.24) is 5.32 Å². The lowest BCUT2D eigenvalue weighted by Gasteiger charge is -2.12. The number of benzene rings is 1. The van der Waals surface area contributed by atoms with Gasteiger partial charge in [0.2, 0.25) is 0 Å². The van der Waals surface area contributed by atoms with E-state index in [9.17, 15) is 0 Å². The highest BCUT2D eigenvalue weighted by Crippen LogP contribution is 2.51. The highest BCUT2D eigenvalue weighted by atomic mass is 16.5. The van der Waals surface area contributed by atoms with Crippen molar-refractivity contribution in [2.75, 3.05) is 27.8 Å². The molecule has 1 saturated carbocycles. The molecule has 1 N–H and O–H groups in total. The highest BCUT2D eigenvalue weighted by molar-refractivity contribution is 5.50. The van der Waals surface area contributed by atoms with E-state index in [0.29, 0.717) is 5.92 Å². The standard InChI is InChI=1S/C13H19NO2/c1-14-8-9-7-11(9)10-5-4-6-12(15-2)13(10)16-3/h4-6,9,11,14H,7-8H2,1-3H3/t9-,11+/m1/s1. The van der Waals surface area contributed by atoms with Gasteiger partial charge in [-0.1, -0.05) is 12.1 Å². The second kappa shape index (κ2) is 4.74. The predicted molar refractivity (Wildman–Crippen MR) is 64.3 cm³/mol. The van der Waals surface area contributed by atoms with Crippen LogP contribution < -0.4 is 14.8 Å². The van der Waals surface area contributed by atoms with E-state index in [1.165, 1.54) is 12.0 Å². The number of hydrogen-bond donors (Lipinski definition) is 1. The molecule has 1 aliphatic carbocycles. The third kappa shape index (κ3) is 2.00. The van der Waals surface area contributed by atoms with Crippen LogP contribution in [-0.2, 0) is 0 Å². The first kappa shape index (κ1) is 11.3. The molecule has 0 saturated heterocycles. The quantitative estimate of drug-likeness (QED) is 0.825. The molecule has 0 heterocycles. The molecule has 0 unspecified atom stereocenters. The Hall–Kier alpha value is -1.22. The van der Waals surface area contributed by atoms with Crippen LogP contribution in [0.2, 0.25) is 0 Å². The number of ether oxygens (including phenoxy) is 2. The van der Waals surface area contributed by atoms with E-state index < -0.39 is 0 Å². The Bertz CT molecular complexity index is 365. The van der Waals surface area contributed by atoms with Crippen LogP contribution in [0.1, 0.15) is 17.9 Å². The lowest BCUT2D eigenvalue weighted by Crippen LogP contribution is -2.10. The van der Waals surface area contributed by atoms with Crippen LogP contribution in [0.4, 0.5) is 0 Å². The summed E-state index contributed by atoms with van der Waals surface area (Å²) in [5, 5.41) is 3.22. The molecule has 1 fully saturated rings. The molecule has 88 valence electrons. The highest BCUT2D eigenvalue weighted by Gasteiger charge is 2.39. The molecule has 3 heteroatoms. The molecule has 0 amide bonds. The zero-order chi connectivity index (χ0) is 11.5. The van der Waals surface area contributed by atoms with E-state index in [2.05, 4.69) is 11.4 Å². The van der Waals surface area contributed by atoms with Gasteiger partial charge in [-0.05, 0) is 37.9 Å². The van der Waals surface area contributed by atoms with Gasteiger partial charge in [-0.25, -0.2) is 0 Å². The van der Waals surface area contributed by atoms with Crippen molar-refractivity contribution in [1.29, 1.82) is 0 Å². The topological polar surface area (TPSA) is 30.5 Å². The summed E-state index contributed by atoms with van der Waals surface area (Å²) in [6.07, 6.45) is 1.24. The summed E-state index contributed by atoms with van der Waals surface area (Å²) >= 11 is 0. The smallest absolute Gasteiger partial charge is 0.164 e. The second-order valence-electron chi connectivity index (χ2n) is 4.24. The van der Waals surface area contributed by atoms with Gasteiger partial charge in [0.1, 0.15) is 0 Å². The van der Waals surface area contributed by atoms with Gasteiger partial charge in [0.05, 0.1) is 14.2 Å². The van der Waals surface area contributed by atoms with Crippen LogP contribution in [0.25, 0.3) is 0 Å². The summed E-state index contributed by atoms with van der Waals surface area (Å²) in [5.41, 5.74) is 1.28. The van der Waals surface area contributed by atoms with Crippen molar-refractivity contribution in [2.45, 2.75) is 12.3 Å². The first-order chi connectivity index (χ1) is 7.81. The molecule has 3 nitrogen and oxygen atoms in total. The van der Waals surface area contributed by atoms with Crippen LogP contribution in [0.5, 0.6) is 11.5 Å². The minimum absolute atomic E-state index is 0.623. The monoisotopic (exact) mass is 221 g/mol. The number of rotatable bonds is 5. The molecule has 1 aliphatic rings. The van der Waals surface area contributed by atoms with Gasteiger partial charge in [0, 0.05) is 5.56 Å². The molecular weight excluding hydrogens is 202 g/mol. The average Bonchev–Trinajstić information content (AvgIpc) is 3.07. The summed E-state index contributed by atoms with van der Waals surface area (Å²) in [5.74, 6) is 3.09. The van der Waals surface area contributed by atoms with Gasteiger partial charge in [-0.2, -0.15) is 0 Å². The third-order valence-electron chi connectivity index (χ3n) is 3.22. The lowest BCUT2D eigenvalue weighted by atomic mass is 10.1. The number of hydrogen-bond acceptors (Lipinski definition) is 3. The Morgan fingerprint density at radius 2 is 2.12 bits per heavy atom. The average molecular weight is 221 g/mol. The third-order valence-corrected chi connectivity index (χ3v) is 3.22. The maximum Gasteiger partial charge on any atom is 0.164 e. The van der Waals surface area contributed by atoms with Crippen molar-refractivity contribution in [3.8, 4) is 11.5 Å². The molecule has 1 aromatic carbocycles. The first-order valence-corrected chi connectivity index (χ1v) is 5.67. The maximum atomic E-state index is 5.45. The van der Waals surface area contributed by atoms with Crippen LogP contribution in [0, 0.1) is 5.92 Å². The fraction of sp³-hybridized carbons (Fsp3) is 0.538. The van der Waals surface area contributed by atoms with Crippen LogP contribution in [-0.4, -0.2) is 27.8 Å². The van der Waals surface area contributed by atoms with Crippen LogP contribution >= 0.6 is 0 Å². The maximum absolute atomic E-state index is 5.45. The molecule has 0 radical (unpaired) electrons. The zero-order valence-electron chi connectivity index (χ0n) is 10.1. The van der Waals surface area contributed by atoms with Gasteiger partial charge in [0.25, 0.3) is 0 Å². The minimum Gasteiger partial charge on any atom is -0.493 e. The fourth-order valence-electron chi connectivity index (χ4n) is 2.32. The van der Waals surface area contributed by atoms with Gasteiger partial charge < -0.3 is 14.8 Å². The fourth-order valence-corrected chi connectivity index (χ4v) is 2.32. The van der Waals surface area contributed by atoms with E-state index in [1.54, 1.807) is 14.2 Å². The Labute approximate surface area is 96.8 Å². The molecule has 0 aromatic heterocycles. The lowest BCUT2D eigenvalue weighted by molar-refractivity contribution is 0.351. The molecular formula is C13H19NO2. The van der Waals surface area contributed by atoms with Crippen molar-refractivity contribution >= 4 is 0 Å². The Morgan fingerprint density at radius 1 is 1.31 bits per heavy atom.